The Morgan fingerprint density at radius 2 is 2.19 bits per heavy atom. The molecule has 1 aromatic carbocycles. The van der Waals surface area contributed by atoms with E-state index in [1.807, 2.05) is 41.8 Å². The second-order valence-corrected chi connectivity index (χ2v) is 7.15. The molecule has 1 amide bonds. The van der Waals surface area contributed by atoms with Crippen LogP contribution in [0.2, 0.25) is 0 Å². The van der Waals surface area contributed by atoms with Gasteiger partial charge in [-0.15, -0.1) is 11.3 Å². The van der Waals surface area contributed by atoms with Gasteiger partial charge in [-0.1, -0.05) is 6.07 Å². The third kappa shape index (κ3) is 5.94. The number of hydrogen-bond acceptors (Lipinski definition) is 5. The lowest BCUT2D eigenvalue weighted by atomic mass is 10.2. The number of ether oxygens (including phenoxy) is 2. The summed E-state index contributed by atoms with van der Waals surface area (Å²) in [5, 5.41) is 7.80. The highest BCUT2D eigenvalue weighted by Gasteiger charge is 2.15. The van der Waals surface area contributed by atoms with Crippen LogP contribution in [0.1, 0.15) is 17.7 Å². The Balaban J connectivity index is 1.42. The number of carbonyl (C=O) groups excluding carboxylic acids is 1. The fourth-order valence-corrected chi connectivity index (χ4v) is 3.30. The smallest absolute Gasteiger partial charge is 0.250 e. The van der Waals surface area contributed by atoms with Crippen molar-refractivity contribution in [3.05, 3.63) is 52.7 Å². The lowest BCUT2D eigenvalue weighted by Crippen LogP contribution is -2.32. The van der Waals surface area contributed by atoms with Gasteiger partial charge in [-0.05, 0) is 66.8 Å². The second kappa shape index (κ2) is 9.47. The van der Waals surface area contributed by atoms with Gasteiger partial charge in [0.25, 0.3) is 0 Å². The summed E-state index contributed by atoms with van der Waals surface area (Å²) in [5.41, 5.74) is 0.780. The highest BCUT2D eigenvalue weighted by atomic mass is 32.1. The number of thiocarbonyl (C=S) groups is 1. The lowest BCUT2D eigenvalue weighted by Gasteiger charge is -2.12. The quantitative estimate of drug-likeness (QED) is 0.582. The Bertz CT molecular complexity index is 752. The summed E-state index contributed by atoms with van der Waals surface area (Å²) in [5.74, 6) is 0.507. The molecule has 3 rings (SSSR count). The van der Waals surface area contributed by atoms with Crippen molar-refractivity contribution in [2.24, 2.45) is 0 Å². The van der Waals surface area contributed by atoms with Gasteiger partial charge in [-0.2, -0.15) is 0 Å². The van der Waals surface area contributed by atoms with Crippen LogP contribution in [0, 0.1) is 0 Å². The van der Waals surface area contributed by atoms with Crippen LogP contribution in [0.15, 0.2) is 47.9 Å². The van der Waals surface area contributed by atoms with E-state index in [-0.39, 0.29) is 17.1 Å². The molecule has 1 atom stereocenters. The minimum atomic E-state index is -0.271. The van der Waals surface area contributed by atoms with Crippen LogP contribution >= 0.6 is 23.6 Å². The van der Waals surface area contributed by atoms with Crippen LogP contribution in [0.4, 0.5) is 5.69 Å². The number of anilines is 1. The summed E-state index contributed by atoms with van der Waals surface area (Å²) >= 11 is 6.73. The summed E-state index contributed by atoms with van der Waals surface area (Å²) in [4.78, 5) is 12.9. The maximum Gasteiger partial charge on any atom is 0.250 e. The molecule has 0 bridgehead atoms. The van der Waals surface area contributed by atoms with Crippen molar-refractivity contribution < 1.29 is 14.3 Å². The fraction of sp³-hybridized carbons (Fsp3) is 0.263. The molecule has 2 aromatic rings. The van der Waals surface area contributed by atoms with E-state index in [0.717, 1.165) is 35.8 Å². The van der Waals surface area contributed by atoms with Crippen LogP contribution in [0.3, 0.4) is 0 Å². The zero-order chi connectivity index (χ0) is 18.2. The topological polar surface area (TPSA) is 59.6 Å². The number of hydrogen-bond donors (Lipinski definition) is 2. The molecule has 1 aliphatic heterocycles. The summed E-state index contributed by atoms with van der Waals surface area (Å²) in [6.07, 6.45) is 5.56. The van der Waals surface area contributed by atoms with Crippen LogP contribution in [0.25, 0.3) is 6.08 Å². The van der Waals surface area contributed by atoms with Crippen molar-refractivity contribution in [2.45, 2.75) is 18.9 Å². The molecule has 26 heavy (non-hydrogen) atoms. The molecule has 2 N–H and O–H groups in total. The molecule has 0 unspecified atom stereocenters. The van der Waals surface area contributed by atoms with Gasteiger partial charge in [0, 0.05) is 23.2 Å². The number of amides is 1. The maximum absolute atomic E-state index is 11.9. The van der Waals surface area contributed by atoms with Crippen LogP contribution in [0.5, 0.6) is 5.75 Å². The van der Waals surface area contributed by atoms with Gasteiger partial charge >= 0.3 is 0 Å². The van der Waals surface area contributed by atoms with E-state index < -0.39 is 0 Å². The van der Waals surface area contributed by atoms with Crippen LogP contribution in [-0.4, -0.2) is 30.3 Å². The minimum absolute atomic E-state index is 0.192. The van der Waals surface area contributed by atoms with Gasteiger partial charge in [0.15, 0.2) is 5.11 Å². The van der Waals surface area contributed by atoms with Crippen molar-refractivity contribution in [1.82, 2.24) is 5.32 Å². The van der Waals surface area contributed by atoms with Crippen LogP contribution < -0.4 is 15.4 Å². The number of rotatable bonds is 6. The minimum Gasteiger partial charge on any atom is -0.491 e. The highest BCUT2D eigenvalue weighted by molar-refractivity contribution is 7.80. The molecule has 1 aliphatic rings. The Morgan fingerprint density at radius 1 is 1.35 bits per heavy atom. The molecule has 0 spiro atoms. The molecule has 0 saturated carbocycles. The largest absolute Gasteiger partial charge is 0.491 e. The van der Waals surface area contributed by atoms with E-state index >= 15 is 0 Å². The molecule has 0 radical (unpaired) electrons. The first kappa shape index (κ1) is 18.6. The summed E-state index contributed by atoms with van der Waals surface area (Å²) < 4.78 is 11.3. The van der Waals surface area contributed by atoms with E-state index in [4.69, 9.17) is 21.7 Å². The van der Waals surface area contributed by atoms with Crippen molar-refractivity contribution in [3.8, 4) is 5.75 Å². The standard InChI is InChI=1S/C19H20N2O3S2/c22-18(10-9-17-4-2-12-26-17)21-19(25)20-14-5-7-15(8-6-14)24-13-16-3-1-11-23-16/h2,4-10,12,16H,1,3,11,13H2,(H2,20,21,22,25)/b10-9+/t16-/m1/s1. The third-order valence-electron chi connectivity index (χ3n) is 3.75. The number of thiophene rings is 1. The Hall–Kier alpha value is -2.22. The van der Waals surface area contributed by atoms with E-state index in [1.54, 1.807) is 17.4 Å². The first-order valence-electron chi connectivity index (χ1n) is 8.37. The first-order valence-corrected chi connectivity index (χ1v) is 9.66. The van der Waals surface area contributed by atoms with E-state index in [2.05, 4.69) is 10.6 Å². The molecular weight excluding hydrogens is 368 g/mol. The van der Waals surface area contributed by atoms with Crippen molar-refractivity contribution >= 4 is 46.3 Å². The Labute approximate surface area is 162 Å². The average molecular weight is 389 g/mol. The van der Waals surface area contributed by atoms with E-state index in [1.165, 1.54) is 6.08 Å². The van der Waals surface area contributed by atoms with Crippen LogP contribution in [-0.2, 0) is 9.53 Å². The SMILES string of the molecule is O=C(/C=C/c1cccs1)NC(=S)Nc1ccc(OC[C@H]2CCCO2)cc1. The highest BCUT2D eigenvalue weighted by Crippen LogP contribution is 2.18. The molecule has 2 heterocycles. The van der Waals surface area contributed by atoms with Crippen molar-refractivity contribution in [2.75, 3.05) is 18.5 Å². The lowest BCUT2D eigenvalue weighted by molar-refractivity contribution is -0.115. The zero-order valence-corrected chi connectivity index (χ0v) is 15.8. The van der Waals surface area contributed by atoms with Gasteiger partial charge in [-0.25, -0.2) is 0 Å². The van der Waals surface area contributed by atoms with E-state index in [0.29, 0.717) is 6.61 Å². The first-order chi connectivity index (χ1) is 12.7. The van der Waals surface area contributed by atoms with Gasteiger partial charge < -0.3 is 14.8 Å². The zero-order valence-electron chi connectivity index (χ0n) is 14.1. The van der Waals surface area contributed by atoms with Gasteiger partial charge in [0.05, 0.1) is 6.10 Å². The number of nitrogens with one attached hydrogen (secondary N) is 2. The van der Waals surface area contributed by atoms with E-state index in [9.17, 15) is 4.79 Å². The molecule has 136 valence electrons. The van der Waals surface area contributed by atoms with Gasteiger partial charge in [0.2, 0.25) is 5.91 Å². The van der Waals surface area contributed by atoms with Crippen molar-refractivity contribution in [1.29, 1.82) is 0 Å². The normalized spacial score (nSPS) is 16.5. The third-order valence-corrected chi connectivity index (χ3v) is 4.79. The molecule has 1 fully saturated rings. The Kier molecular flexibility index (Phi) is 6.76. The molecule has 1 aromatic heterocycles. The maximum atomic E-state index is 11.9. The Morgan fingerprint density at radius 3 is 2.88 bits per heavy atom. The summed E-state index contributed by atoms with van der Waals surface area (Å²) in [6.45, 7) is 1.39. The summed E-state index contributed by atoms with van der Waals surface area (Å²) in [6, 6.07) is 11.3. The molecule has 0 aliphatic carbocycles. The molecule has 1 saturated heterocycles. The summed E-state index contributed by atoms with van der Waals surface area (Å²) in [7, 11) is 0. The molecular formula is C19H20N2O3S2. The fourth-order valence-electron chi connectivity index (χ4n) is 2.46. The molecule has 5 nitrogen and oxygen atoms in total. The second-order valence-electron chi connectivity index (χ2n) is 5.76. The number of carbonyl (C=O) groups is 1. The monoisotopic (exact) mass is 388 g/mol. The average Bonchev–Trinajstić information content (AvgIpc) is 3.33. The number of benzene rings is 1. The predicted molar refractivity (Wildman–Crippen MR) is 109 cm³/mol. The predicted octanol–water partition coefficient (Wildman–Crippen LogP) is 3.83. The van der Waals surface area contributed by atoms with Crippen molar-refractivity contribution in [3.63, 3.8) is 0 Å². The molecule has 7 heteroatoms. The van der Waals surface area contributed by atoms with Gasteiger partial charge in [0.1, 0.15) is 12.4 Å². The van der Waals surface area contributed by atoms with Gasteiger partial charge in [-0.3, -0.25) is 10.1 Å².